The lowest BCUT2D eigenvalue weighted by molar-refractivity contribution is -0.142. The number of rotatable bonds is 12. The number of hydrogen-bond donors (Lipinski definition) is 6. The van der Waals surface area contributed by atoms with E-state index in [-0.39, 0.29) is 18.1 Å². The minimum atomic E-state index is -1.19. The Bertz CT molecular complexity index is 759. The number of carbonyl (C=O) groups is 4. The van der Waals surface area contributed by atoms with Crippen LogP contribution in [0.4, 0.5) is 0 Å². The van der Waals surface area contributed by atoms with Crippen LogP contribution in [-0.2, 0) is 25.6 Å². The third-order valence-electron chi connectivity index (χ3n) is 4.53. The van der Waals surface area contributed by atoms with Gasteiger partial charge in [0.2, 0.25) is 17.7 Å². The first-order chi connectivity index (χ1) is 14.5. The summed E-state index contributed by atoms with van der Waals surface area (Å²) in [6.45, 7) is 5.33. The van der Waals surface area contributed by atoms with Crippen molar-refractivity contribution in [3.63, 3.8) is 0 Å². The standard InChI is InChI=1S/C21H32N4O5S/c1-12(2)9-15(22)19(27)23-13(3)18(26)25-17(11-31)20(28)24-16(21(29)30)10-14-7-5-4-6-8-14/h4-8,12-13,15-17,31H,9-11,22H2,1-3H3,(H,23,27)(H,24,28)(H,25,26)(H,29,30). The van der Waals surface area contributed by atoms with Gasteiger partial charge in [-0.15, -0.1) is 0 Å². The van der Waals surface area contributed by atoms with E-state index < -0.39 is 47.9 Å². The Morgan fingerprint density at radius 1 is 0.935 bits per heavy atom. The summed E-state index contributed by atoms with van der Waals surface area (Å²) in [5, 5.41) is 16.9. The maximum absolute atomic E-state index is 12.5. The molecule has 172 valence electrons. The summed E-state index contributed by atoms with van der Waals surface area (Å²) in [6.07, 6.45) is 0.565. The molecule has 0 saturated heterocycles. The lowest BCUT2D eigenvalue weighted by Crippen LogP contribution is -2.57. The summed E-state index contributed by atoms with van der Waals surface area (Å²) >= 11 is 4.08. The third-order valence-corrected chi connectivity index (χ3v) is 4.89. The molecule has 0 aliphatic rings. The predicted molar refractivity (Wildman–Crippen MR) is 121 cm³/mol. The molecule has 0 radical (unpaired) electrons. The van der Waals surface area contributed by atoms with E-state index in [1.807, 2.05) is 13.8 Å². The van der Waals surface area contributed by atoms with Gasteiger partial charge in [-0.3, -0.25) is 14.4 Å². The van der Waals surface area contributed by atoms with Gasteiger partial charge in [0, 0.05) is 12.2 Å². The van der Waals surface area contributed by atoms with Crippen molar-refractivity contribution in [2.75, 3.05) is 5.75 Å². The van der Waals surface area contributed by atoms with Gasteiger partial charge in [-0.25, -0.2) is 4.79 Å². The second-order valence-electron chi connectivity index (χ2n) is 7.80. The quantitative estimate of drug-likeness (QED) is 0.247. The molecule has 31 heavy (non-hydrogen) atoms. The summed E-state index contributed by atoms with van der Waals surface area (Å²) in [6, 6.07) is 4.96. The Balaban J connectivity index is 2.68. The second kappa shape index (κ2) is 13.0. The first-order valence-electron chi connectivity index (χ1n) is 10.1. The normalized spacial score (nSPS) is 14.8. The van der Waals surface area contributed by atoms with Crippen LogP contribution in [0.25, 0.3) is 0 Å². The van der Waals surface area contributed by atoms with Gasteiger partial charge in [0.25, 0.3) is 0 Å². The number of benzene rings is 1. The molecule has 0 spiro atoms. The fourth-order valence-corrected chi connectivity index (χ4v) is 3.07. The number of nitrogens with two attached hydrogens (primary N) is 1. The number of aliphatic carboxylic acids is 1. The molecule has 0 fully saturated rings. The van der Waals surface area contributed by atoms with E-state index in [2.05, 4.69) is 28.6 Å². The lowest BCUT2D eigenvalue weighted by Gasteiger charge is -2.23. The van der Waals surface area contributed by atoms with E-state index in [4.69, 9.17) is 5.73 Å². The number of carbonyl (C=O) groups excluding carboxylic acids is 3. The number of nitrogens with one attached hydrogen (secondary N) is 3. The third kappa shape index (κ3) is 9.39. The highest BCUT2D eigenvalue weighted by molar-refractivity contribution is 7.80. The second-order valence-corrected chi connectivity index (χ2v) is 8.16. The van der Waals surface area contributed by atoms with Crippen LogP contribution < -0.4 is 21.7 Å². The van der Waals surface area contributed by atoms with Crippen LogP contribution in [0.15, 0.2) is 30.3 Å². The van der Waals surface area contributed by atoms with Gasteiger partial charge in [-0.1, -0.05) is 44.2 Å². The van der Waals surface area contributed by atoms with Crippen LogP contribution >= 0.6 is 12.6 Å². The molecule has 4 atom stereocenters. The van der Waals surface area contributed by atoms with Crippen molar-refractivity contribution < 1.29 is 24.3 Å². The molecule has 3 amide bonds. The van der Waals surface area contributed by atoms with Gasteiger partial charge >= 0.3 is 5.97 Å². The largest absolute Gasteiger partial charge is 0.480 e. The maximum atomic E-state index is 12.5. The number of hydrogen-bond acceptors (Lipinski definition) is 6. The van der Waals surface area contributed by atoms with E-state index in [0.717, 1.165) is 5.56 Å². The van der Waals surface area contributed by atoms with Gasteiger partial charge in [-0.2, -0.15) is 12.6 Å². The van der Waals surface area contributed by atoms with Crippen molar-refractivity contribution >= 4 is 36.3 Å². The van der Waals surface area contributed by atoms with Crippen molar-refractivity contribution in [2.45, 2.75) is 57.8 Å². The fraction of sp³-hybridized carbons (Fsp3) is 0.524. The highest BCUT2D eigenvalue weighted by atomic mass is 32.1. The molecule has 1 rings (SSSR count). The van der Waals surface area contributed by atoms with Crippen LogP contribution in [0.3, 0.4) is 0 Å². The molecule has 0 saturated carbocycles. The van der Waals surface area contributed by atoms with Crippen molar-refractivity contribution in [3.8, 4) is 0 Å². The first-order valence-corrected chi connectivity index (χ1v) is 10.7. The van der Waals surface area contributed by atoms with E-state index >= 15 is 0 Å². The van der Waals surface area contributed by atoms with Crippen LogP contribution in [0.1, 0.15) is 32.8 Å². The maximum Gasteiger partial charge on any atom is 0.326 e. The SMILES string of the molecule is CC(C)CC(N)C(=O)NC(C)C(=O)NC(CS)C(=O)NC(Cc1ccccc1)C(=O)O. The summed E-state index contributed by atoms with van der Waals surface area (Å²) in [4.78, 5) is 48.6. The molecule has 6 N–H and O–H groups in total. The van der Waals surface area contributed by atoms with Crippen molar-refractivity contribution in [1.82, 2.24) is 16.0 Å². The van der Waals surface area contributed by atoms with Crippen molar-refractivity contribution in [2.24, 2.45) is 11.7 Å². The van der Waals surface area contributed by atoms with Crippen LogP contribution in [0, 0.1) is 5.92 Å². The van der Waals surface area contributed by atoms with E-state index in [9.17, 15) is 24.3 Å². The number of thiol groups is 1. The fourth-order valence-electron chi connectivity index (χ4n) is 2.81. The van der Waals surface area contributed by atoms with Gasteiger partial charge in [0.15, 0.2) is 0 Å². The Morgan fingerprint density at radius 3 is 2.03 bits per heavy atom. The zero-order chi connectivity index (χ0) is 23.6. The Hall–Kier alpha value is -2.59. The number of carboxylic acids is 1. The Labute approximate surface area is 187 Å². The smallest absolute Gasteiger partial charge is 0.326 e. The molecule has 1 aromatic rings. The molecule has 0 heterocycles. The van der Waals surface area contributed by atoms with E-state index in [1.54, 1.807) is 30.3 Å². The van der Waals surface area contributed by atoms with Crippen molar-refractivity contribution in [1.29, 1.82) is 0 Å². The zero-order valence-electron chi connectivity index (χ0n) is 18.0. The highest BCUT2D eigenvalue weighted by Crippen LogP contribution is 2.05. The van der Waals surface area contributed by atoms with Crippen molar-refractivity contribution in [3.05, 3.63) is 35.9 Å². The minimum absolute atomic E-state index is 0.0528. The van der Waals surface area contributed by atoms with E-state index in [0.29, 0.717) is 6.42 Å². The molecule has 0 aliphatic carbocycles. The number of amides is 3. The van der Waals surface area contributed by atoms with Crippen LogP contribution in [0.5, 0.6) is 0 Å². The lowest BCUT2D eigenvalue weighted by atomic mass is 10.0. The Morgan fingerprint density at radius 2 is 1.52 bits per heavy atom. The monoisotopic (exact) mass is 452 g/mol. The molecule has 10 heteroatoms. The van der Waals surface area contributed by atoms with Gasteiger partial charge in [-0.05, 0) is 24.8 Å². The predicted octanol–water partition coefficient (Wildman–Crippen LogP) is 0.0912. The summed E-state index contributed by atoms with van der Waals surface area (Å²) in [7, 11) is 0. The average Bonchev–Trinajstić information content (AvgIpc) is 2.71. The van der Waals surface area contributed by atoms with Gasteiger partial charge < -0.3 is 26.8 Å². The first kappa shape index (κ1) is 26.4. The molecule has 0 bridgehead atoms. The van der Waals surface area contributed by atoms with Crippen LogP contribution in [0.2, 0.25) is 0 Å². The summed E-state index contributed by atoms with van der Waals surface area (Å²) in [5.74, 6) is -2.77. The molecule has 9 nitrogen and oxygen atoms in total. The topological polar surface area (TPSA) is 151 Å². The molecule has 1 aromatic carbocycles. The van der Waals surface area contributed by atoms with Crippen LogP contribution in [-0.4, -0.2) is 58.7 Å². The van der Waals surface area contributed by atoms with Gasteiger partial charge in [0.05, 0.1) is 6.04 Å². The average molecular weight is 453 g/mol. The Kier molecular flexibility index (Phi) is 11.1. The highest BCUT2D eigenvalue weighted by Gasteiger charge is 2.28. The molecular formula is C21H32N4O5S. The molecule has 0 aliphatic heterocycles. The zero-order valence-corrected chi connectivity index (χ0v) is 18.9. The molecule has 4 unspecified atom stereocenters. The molecular weight excluding hydrogens is 420 g/mol. The molecule has 0 aromatic heterocycles. The number of carboxylic acid groups (broad SMARTS) is 1. The van der Waals surface area contributed by atoms with Gasteiger partial charge in [0.1, 0.15) is 18.1 Å². The minimum Gasteiger partial charge on any atom is -0.480 e. The summed E-state index contributed by atoms with van der Waals surface area (Å²) in [5.41, 5.74) is 6.56. The summed E-state index contributed by atoms with van der Waals surface area (Å²) < 4.78 is 0. The van der Waals surface area contributed by atoms with E-state index in [1.165, 1.54) is 6.92 Å².